The second-order valence-corrected chi connectivity index (χ2v) is 9.87. The molecule has 9 heteroatoms. The maximum atomic E-state index is 14.8. The van der Waals surface area contributed by atoms with Crippen LogP contribution in [0.1, 0.15) is 6.42 Å². The predicted molar refractivity (Wildman–Crippen MR) is 127 cm³/mol. The van der Waals surface area contributed by atoms with Crippen molar-refractivity contribution >= 4 is 32.3 Å². The highest BCUT2D eigenvalue weighted by atomic mass is 35.5. The fourth-order valence-electron chi connectivity index (χ4n) is 3.44. The molecule has 0 saturated carbocycles. The molecular weight excluding hydrogens is 465 g/mol. The lowest BCUT2D eigenvalue weighted by Crippen LogP contribution is -2.14. The topological polar surface area (TPSA) is 81.2 Å². The Morgan fingerprint density at radius 3 is 2.64 bits per heavy atom. The number of hydrogen-bond donors (Lipinski definition) is 1. The van der Waals surface area contributed by atoms with Crippen molar-refractivity contribution in [1.29, 1.82) is 0 Å². The molecule has 0 spiro atoms. The first-order valence-corrected chi connectivity index (χ1v) is 12.3. The molecule has 0 aliphatic carbocycles. The highest BCUT2D eigenvalue weighted by molar-refractivity contribution is 7.91. The molecule has 0 bridgehead atoms. The molecule has 0 aliphatic heterocycles. The van der Waals surface area contributed by atoms with Crippen LogP contribution in [0.4, 0.5) is 4.39 Å². The van der Waals surface area contributed by atoms with Gasteiger partial charge in [-0.15, -0.1) is 0 Å². The van der Waals surface area contributed by atoms with Gasteiger partial charge >= 0.3 is 0 Å². The third-order valence-corrected chi connectivity index (χ3v) is 7.15. The van der Waals surface area contributed by atoms with Crippen LogP contribution in [0.15, 0.2) is 71.9 Å². The second-order valence-electron chi connectivity index (χ2n) is 7.35. The molecule has 0 unspecified atom stereocenters. The normalized spacial score (nSPS) is 11.6. The Balaban J connectivity index is 1.66. The maximum absolute atomic E-state index is 14.8. The number of hydrogen-bond acceptors (Lipinski definition) is 6. The van der Waals surface area contributed by atoms with E-state index in [2.05, 4.69) is 15.3 Å². The molecule has 6 nitrogen and oxygen atoms in total. The van der Waals surface area contributed by atoms with Gasteiger partial charge in [0.1, 0.15) is 23.6 Å². The molecule has 170 valence electrons. The number of fused-ring (bicyclic) bond motifs is 1. The van der Waals surface area contributed by atoms with Crippen LogP contribution in [0.3, 0.4) is 0 Å². The van der Waals surface area contributed by atoms with Crippen molar-refractivity contribution in [3.8, 4) is 22.8 Å². The van der Waals surface area contributed by atoms with Gasteiger partial charge in [-0.25, -0.2) is 22.8 Å². The zero-order valence-electron chi connectivity index (χ0n) is 17.8. The summed E-state index contributed by atoms with van der Waals surface area (Å²) in [5.74, 6) is 0.215. The molecule has 3 aromatic carbocycles. The van der Waals surface area contributed by atoms with Crippen LogP contribution in [-0.2, 0) is 9.84 Å². The first-order valence-electron chi connectivity index (χ1n) is 10.2. The van der Waals surface area contributed by atoms with E-state index in [4.69, 9.17) is 16.3 Å². The Morgan fingerprint density at radius 2 is 1.82 bits per heavy atom. The lowest BCUT2D eigenvalue weighted by atomic mass is 10.1. The van der Waals surface area contributed by atoms with Gasteiger partial charge in [0.05, 0.1) is 26.9 Å². The van der Waals surface area contributed by atoms with Crippen LogP contribution < -0.4 is 10.1 Å². The molecule has 0 fully saturated rings. The summed E-state index contributed by atoms with van der Waals surface area (Å²) in [6.45, 7) is 0.608. The summed E-state index contributed by atoms with van der Waals surface area (Å²) < 4.78 is 45.8. The Kier molecular flexibility index (Phi) is 6.88. The van der Waals surface area contributed by atoms with Crippen LogP contribution in [-0.4, -0.2) is 37.7 Å². The van der Waals surface area contributed by atoms with Gasteiger partial charge in [-0.1, -0.05) is 29.8 Å². The van der Waals surface area contributed by atoms with Gasteiger partial charge in [-0.05, 0) is 62.5 Å². The van der Waals surface area contributed by atoms with Crippen LogP contribution >= 0.6 is 11.6 Å². The van der Waals surface area contributed by atoms with Gasteiger partial charge in [0.25, 0.3) is 0 Å². The van der Waals surface area contributed by atoms with E-state index in [0.717, 1.165) is 0 Å². The molecule has 0 saturated heterocycles. The third-order valence-electron chi connectivity index (χ3n) is 5.05. The minimum atomic E-state index is -3.44. The van der Waals surface area contributed by atoms with Gasteiger partial charge < -0.3 is 10.1 Å². The smallest absolute Gasteiger partial charge is 0.178 e. The quantitative estimate of drug-likeness (QED) is 0.343. The first-order chi connectivity index (χ1) is 15.9. The SMILES string of the molecule is CNCCCS(=O)(=O)c1cccc(Oc2ccc(F)c(-c3ncnc4c(Cl)cccc34)c2)c1. The summed E-state index contributed by atoms with van der Waals surface area (Å²) in [6, 6.07) is 15.8. The lowest BCUT2D eigenvalue weighted by molar-refractivity contribution is 0.479. The Bertz CT molecular complexity index is 1410. The summed E-state index contributed by atoms with van der Waals surface area (Å²) in [5, 5.41) is 3.99. The highest BCUT2D eigenvalue weighted by Gasteiger charge is 2.16. The number of nitrogens with zero attached hydrogens (tertiary/aromatic N) is 2. The number of rotatable bonds is 8. The zero-order valence-corrected chi connectivity index (χ0v) is 19.3. The number of aromatic nitrogens is 2. The Hall–Kier alpha value is -3.07. The Morgan fingerprint density at radius 1 is 1.03 bits per heavy atom. The van der Waals surface area contributed by atoms with Crippen molar-refractivity contribution < 1.29 is 17.5 Å². The van der Waals surface area contributed by atoms with Crippen LogP contribution in [0.2, 0.25) is 5.02 Å². The summed E-state index contributed by atoms with van der Waals surface area (Å²) in [4.78, 5) is 8.62. The molecule has 0 amide bonds. The van der Waals surface area contributed by atoms with E-state index in [-0.39, 0.29) is 16.2 Å². The number of halogens is 2. The summed E-state index contributed by atoms with van der Waals surface area (Å²) in [5.41, 5.74) is 1.12. The molecule has 4 aromatic rings. The summed E-state index contributed by atoms with van der Waals surface area (Å²) in [7, 11) is -1.67. The largest absolute Gasteiger partial charge is 0.457 e. The molecular formula is C24H21ClFN3O3S. The van der Waals surface area contributed by atoms with Crippen LogP contribution in [0.5, 0.6) is 11.5 Å². The monoisotopic (exact) mass is 485 g/mol. The molecule has 0 aliphatic rings. The fourth-order valence-corrected chi connectivity index (χ4v) is 5.00. The summed E-state index contributed by atoms with van der Waals surface area (Å²) in [6.07, 6.45) is 1.83. The minimum absolute atomic E-state index is 0.0291. The van der Waals surface area contributed by atoms with Crippen molar-refractivity contribution in [2.75, 3.05) is 19.3 Å². The molecule has 4 rings (SSSR count). The van der Waals surface area contributed by atoms with Gasteiger partial charge in [0.15, 0.2) is 9.84 Å². The first kappa shape index (κ1) is 23.1. The summed E-state index contributed by atoms with van der Waals surface area (Å²) >= 11 is 6.23. The average molecular weight is 486 g/mol. The standard InChI is InChI=1S/C24H21ClFN3O3S/c1-27-11-4-12-33(30,31)18-6-2-5-16(13-18)32-17-9-10-22(26)20(14-17)23-19-7-3-8-21(25)24(19)29-15-28-23/h2-3,5-10,13-15,27H,4,11-12H2,1H3. The average Bonchev–Trinajstić information content (AvgIpc) is 2.81. The third kappa shape index (κ3) is 5.13. The molecule has 0 atom stereocenters. The van der Waals surface area contributed by atoms with Gasteiger partial charge in [0.2, 0.25) is 0 Å². The maximum Gasteiger partial charge on any atom is 0.178 e. The van der Waals surface area contributed by atoms with E-state index in [9.17, 15) is 12.8 Å². The Labute approximate surface area is 196 Å². The van der Waals surface area contributed by atoms with Crippen molar-refractivity contribution in [3.05, 3.63) is 77.8 Å². The van der Waals surface area contributed by atoms with Crippen molar-refractivity contribution in [2.24, 2.45) is 0 Å². The fraction of sp³-hybridized carbons (Fsp3) is 0.167. The van der Waals surface area contributed by atoms with E-state index in [1.54, 1.807) is 37.4 Å². The van der Waals surface area contributed by atoms with Gasteiger partial charge in [-0.2, -0.15) is 0 Å². The number of ether oxygens (including phenoxy) is 1. The zero-order chi connectivity index (χ0) is 23.4. The van der Waals surface area contributed by atoms with E-state index >= 15 is 0 Å². The molecule has 1 aromatic heterocycles. The molecule has 0 radical (unpaired) electrons. The van der Waals surface area contributed by atoms with E-state index in [0.29, 0.717) is 46.1 Å². The van der Waals surface area contributed by atoms with Crippen LogP contribution in [0.25, 0.3) is 22.2 Å². The minimum Gasteiger partial charge on any atom is -0.457 e. The van der Waals surface area contributed by atoms with Crippen molar-refractivity contribution in [1.82, 2.24) is 15.3 Å². The highest BCUT2D eigenvalue weighted by Crippen LogP contribution is 2.34. The second kappa shape index (κ2) is 9.82. The van der Waals surface area contributed by atoms with Crippen molar-refractivity contribution in [2.45, 2.75) is 11.3 Å². The molecule has 1 heterocycles. The predicted octanol–water partition coefficient (Wildman–Crippen LogP) is 5.26. The number of benzene rings is 3. The number of sulfone groups is 1. The lowest BCUT2D eigenvalue weighted by Gasteiger charge is -2.11. The van der Waals surface area contributed by atoms with Crippen LogP contribution in [0, 0.1) is 5.82 Å². The number of para-hydroxylation sites is 1. The van der Waals surface area contributed by atoms with E-state index in [1.807, 2.05) is 0 Å². The number of nitrogens with one attached hydrogen (secondary N) is 1. The van der Waals surface area contributed by atoms with Gasteiger partial charge in [0, 0.05) is 10.9 Å². The van der Waals surface area contributed by atoms with E-state index < -0.39 is 15.7 Å². The van der Waals surface area contributed by atoms with E-state index in [1.165, 1.54) is 36.7 Å². The molecule has 33 heavy (non-hydrogen) atoms. The van der Waals surface area contributed by atoms with Crippen molar-refractivity contribution in [3.63, 3.8) is 0 Å². The molecule has 1 N–H and O–H groups in total. The van der Waals surface area contributed by atoms with Gasteiger partial charge in [-0.3, -0.25) is 0 Å².